The maximum atomic E-state index is 8.48. The van der Waals surface area contributed by atoms with Gasteiger partial charge in [-0.1, -0.05) is 20.3 Å². The Morgan fingerprint density at radius 1 is 1.29 bits per heavy atom. The van der Waals surface area contributed by atoms with Crippen LogP contribution in [-0.4, -0.2) is 37.5 Å². The van der Waals surface area contributed by atoms with Crippen LogP contribution in [0.3, 0.4) is 0 Å². The van der Waals surface area contributed by atoms with E-state index in [1.165, 1.54) is 12.8 Å². The lowest BCUT2D eigenvalue weighted by Gasteiger charge is -2.17. The minimum Gasteiger partial charge on any atom is -0.394 e. The maximum absolute atomic E-state index is 8.48. The fraction of sp³-hybridized carbons (Fsp3) is 1.00. The number of aliphatic hydroxyl groups is 1. The molecule has 3 heteroatoms. The molecule has 0 heterocycles. The Morgan fingerprint density at radius 3 is 2.57 bits per heavy atom. The van der Waals surface area contributed by atoms with Gasteiger partial charge in [0, 0.05) is 12.6 Å². The summed E-state index contributed by atoms with van der Waals surface area (Å²) in [5.74, 6) is 0.788. The zero-order valence-electron chi connectivity index (χ0n) is 9.75. The molecule has 86 valence electrons. The smallest absolute Gasteiger partial charge is 0.0698 e. The van der Waals surface area contributed by atoms with Gasteiger partial charge in [-0.3, -0.25) is 0 Å². The van der Waals surface area contributed by atoms with E-state index in [2.05, 4.69) is 26.1 Å². The van der Waals surface area contributed by atoms with E-state index in [-0.39, 0.29) is 6.61 Å². The lowest BCUT2D eigenvalue weighted by molar-refractivity contribution is 0.0924. The monoisotopic (exact) mass is 203 g/mol. The summed E-state index contributed by atoms with van der Waals surface area (Å²) in [6.45, 7) is 8.83. The quantitative estimate of drug-likeness (QED) is 0.557. The van der Waals surface area contributed by atoms with Gasteiger partial charge in [-0.05, 0) is 19.3 Å². The zero-order valence-corrected chi connectivity index (χ0v) is 9.75. The van der Waals surface area contributed by atoms with Crippen LogP contribution < -0.4 is 5.32 Å². The van der Waals surface area contributed by atoms with Crippen LogP contribution >= 0.6 is 0 Å². The maximum Gasteiger partial charge on any atom is 0.0698 e. The predicted molar refractivity (Wildman–Crippen MR) is 59.4 cm³/mol. The minimum absolute atomic E-state index is 0.114. The third kappa shape index (κ3) is 8.48. The van der Waals surface area contributed by atoms with Crippen LogP contribution in [0.25, 0.3) is 0 Å². The highest BCUT2D eigenvalue weighted by molar-refractivity contribution is 4.63. The van der Waals surface area contributed by atoms with Gasteiger partial charge in [0.05, 0.1) is 19.8 Å². The van der Waals surface area contributed by atoms with E-state index in [9.17, 15) is 0 Å². The van der Waals surface area contributed by atoms with Gasteiger partial charge >= 0.3 is 0 Å². The summed E-state index contributed by atoms with van der Waals surface area (Å²) >= 11 is 0. The number of nitrogens with one attached hydrogen (secondary N) is 1. The van der Waals surface area contributed by atoms with Gasteiger partial charge in [-0.25, -0.2) is 0 Å². The first kappa shape index (κ1) is 13.9. The van der Waals surface area contributed by atoms with Crippen LogP contribution in [0.4, 0.5) is 0 Å². The molecule has 0 fully saturated rings. The van der Waals surface area contributed by atoms with E-state index < -0.39 is 0 Å². The van der Waals surface area contributed by atoms with Crippen molar-refractivity contribution in [3.05, 3.63) is 0 Å². The lowest BCUT2D eigenvalue weighted by atomic mass is 10.0. The van der Waals surface area contributed by atoms with Gasteiger partial charge in [-0.2, -0.15) is 0 Å². The molecule has 0 aromatic heterocycles. The van der Waals surface area contributed by atoms with Crippen molar-refractivity contribution in [2.45, 2.75) is 39.7 Å². The topological polar surface area (TPSA) is 41.5 Å². The SMILES string of the molecule is CCC(C)CC(C)NCCOCCO. The Hall–Kier alpha value is -0.120. The van der Waals surface area contributed by atoms with Crippen LogP contribution in [0.5, 0.6) is 0 Å². The summed E-state index contributed by atoms with van der Waals surface area (Å²) in [7, 11) is 0. The third-order valence-corrected chi connectivity index (χ3v) is 2.43. The van der Waals surface area contributed by atoms with Crippen LogP contribution in [0.15, 0.2) is 0 Å². The number of hydrogen-bond donors (Lipinski definition) is 2. The molecule has 0 aliphatic heterocycles. The van der Waals surface area contributed by atoms with Crippen LogP contribution in [0.1, 0.15) is 33.6 Å². The molecule has 0 rings (SSSR count). The normalized spacial score (nSPS) is 15.4. The van der Waals surface area contributed by atoms with Crippen molar-refractivity contribution < 1.29 is 9.84 Å². The fourth-order valence-electron chi connectivity index (χ4n) is 1.40. The molecule has 2 N–H and O–H groups in total. The second-order valence-electron chi connectivity index (χ2n) is 3.94. The second-order valence-corrected chi connectivity index (χ2v) is 3.94. The van der Waals surface area contributed by atoms with E-state index in [0.717, 1.165) is 12.5 Å². The summed E-state index contributed by atoms with van der Waals surface area (Å²) < 4.78 is 5.15. The van der Waals surface area contributed by atoms with Crippen LogP contribution in [0, 0.1) is 5.92 Å². The Labute approximate surface area is 87.8 Å². The van der Waals surface area contributed by atoms with Crippen LogP contribution in [0.2, 0.25) is 0 Å². The first-order chi connectivity index (χ1) is 6.70. The molecule has 0 aliphatic rings. The standard InChI is InChI=1S/C11H25NO2/c1-4-10(2)9-11(3)12-5-7-14-8-6-13/h10-13H,4-9H2,1-3H3. The first-order valence-electron chi connectivity index (χ1n) is 5.62. The highest BCUT2D eigenvalue weighted by atomic mass is 16.5. The number of rotatable bonds is 9. The Morgan fingerprint density at radius 2 is 2.00 bits per heavy atom. The summed E-state index contributed by atoms with van der Waals surface area (Å²) in [5, 5.41) is 11.9. The van der Waals surface area contributed by atoms with Gasteiger partial charge in [0.1, 0.15) is 0 Å². The van der Waals surface area contributed by atoms with Crippen molar-refractivity contribution in [1.29, 1.82) is 0 Å². The predicted octanol–water partition coefficient (Wildman–Crippen LogP) is 1.41. The molecule has 0 saturated carbocycles. The summed E-state index contributed by atoms with van der Waals surface area (Å²) in [6, 6.07) is 0.558. The Bertz CT molecular complexity index is 120. The molecule has 0 radical (unpaired) electrons. The van der Waals surface area contributed by atoms with E-state index in [4.69, 9.17) is 9.84 Å². The third-order valence-electron chi connectivity index (χ3n) is 2.43. The molecule has 2 atom stereocenters. The van der Waals surface area contributed by atoms with Gasteiger partial charge in [-0.15, -0.1) is 0 Å². The molecule has 0 bridgehead atoms. The molecular weight excluding hydrogens is 178 g/mol. The molecule has 2 unspecified atom stereocenters. The van der Waals surface area contributed by atoms with Gasteiger partial charge < -0.3 is 15.2 Å². The van der Waals surface area contributed by atoms with Crippen molar-refractivity contribution in [2.24, 2.45) is 5.92 Å². The van der Waals surface area contributed by atoms with Crippen molar-refractivity contribution in [2.75, 3.05) is 26.4 Å². The Kier molecular flexibility index (Phi) is 9.35. The van der Waals surface area contributed by atoms with E-state index in [1.807, 2.05) is 0 Å². The van der Waals surface area contributed by atoms with Gasteiger partial charge in [0.15, 0.2) is 0 Å². The van der Waals surface area contributed by atoms with Gasteiger partial charge in [0.2, 0.25) is 0 Å². The zero-order chi connectivity index (χ0) is 10.8. The van der Waals surface area contributed by atoms with Crippen LogP contribution in [-0.2, 0) is 4.74 Å². The Balaban J connectivity index is 3.22. The average molecular weight is 203 g/mol. The molecule has 0 amide bonds. The molecule has 3 nitrogen and oxygen atoms in total. The fourth-order valence-corrected chi connectivity index (χ4v) is 1.40. The highest BCUT2D eigenvalue weighted by Crippen LogP contribution is 2.08. The highest BCUT2D eigenvalue weighted by Gasteiger charge is 2.05. The van der Waals surface area contributed by atoms with Crippen molar-refractivity contribution in [1.82, 2.24) is 5.32 Å². The second kappa shape index (κ2) is 9.44. The average Bonchev–Trinajstić information content (AvgIpc) is 2.17. The molecule has 0 aliphatic carbocycles. The summed E-state index contributed by atoms with van der Waals surface area (Å²) in [6.07, 6.45) is 2.46. The molecule has 0 saturated heterocycles. The van der Waals surface area contributed by atoms with Crippen molar-refractivity contribution >= 4 is 0 Å². The number of hydrogen-bond acceptors (Lipinski definition) is 3. The van der Waals surface area contributed by atoms with E-state index in [0.29, 0.717) is 19.3 Å². The molecule has 0 spiro atoms. The molecule has 0 aromatic carbocycles. The minimum atomic E-state index is 0.114. The summed E-state index contributed by atoms with van der Waals surface area (Å²) in [5.41, 5.74) is 0. The lowest BCUT2D eigenvalue weighted by Crippen LogP contribution is -2.31. The number of ether oxygens (including phenoxy) is 1. The van der Waals surface area contributed by atoms with Crippen molar-refractivity contribution in [3.8, 4) is 0 Å². The van der Waals surface area contributed by atoms with Crippen molar-refractivity contribution in [3.63, 3.8) is 0 Å². The summed E-state index contributed by atoms with van der Waals surface area (Å²) in [4.78, 5) is 0. The molecule has 14 heavy (non-hydrogen) atoms. The first-order valence-corrected chi connectivity index (χ1v) is 5.62. The van der Waals surface area contributed by atoms with E-state index in [1.54, 1.807) is 0 Å². The molecular formula is C11H25NO2. The van der Waals surface area contributed by atoms with E-state index >= 15 is 0 Å². The molecule has 0 aromatic rings. The van der Waals surface area contributed by atoms with Gasteiger partial charge in [0.25, 0.3) is 0 Å². The largest absolute Gasteiger partial charge is 0.394 e. The number of aliphatic hydroxyl groups excluding tert-OH is 1.